The smallest absolute Gasteiger partial charge is 0.164 e. The molecule has 0 aliphatic carbocycles. The van der Waals surface area contributed by atoms with Crippen molar-refractivity contribution in [3.05, 3.63) is 35.7 Å². The van der Waals surface area contributed by atoms with Crippen LogP contribution in [0.4, 0.5) is 0 Å². The number of rotatable bonds is 5. The predicted molar refractivity (Wildman–Crippen MR) is 67.1 cm³/mol. The fourth-order valence-corrected chi connectivity index (χ4v) is 1.64. The maximum Gasteiger partial charge on any atom is 0.164 e. The number of aromatic nitrogens is 4. The lowest BCUT2D eigenvalue weighted by molar-refractivity contribution is 0.285. The van der Waals surface area contributed by atoms with Gasteiger partial charge in [0.15, 0.2) is 5.82 Å². The van der Waals surface area contributed by atoms with Crippen LogP contribution in [-0.4, -0.2) is 26.3 Å². The molecule has 0 unspecified atom stereocenters. The Morgan fingerprint density at radius 1 is 1.39 bits per heavy atom. The highest BCUT2D eigenvalue weighted by Crippen LogP contribution is 2.18. The van der Waals surface area contributed by atoms with Gasteiger partial charge in [-0.15, -0.1) is 0 Å². The molecule has 2 aromatic rings. The molecule has 2 heterocycles. The van der Waals surface area contributed by atoms with Crippen molar-refractivity contribution in [1.82, 2.24) is 19.7 Å². The van der Waals surface area contributed by atoms with Crippen LogP contribution in [0.25, 0.3) is 0 Å². The van der Waals surface area contributed by atoms with E-state index in [9.17, 15) is 0 Å². The van der Waals surface area contributed by atoms with Crippen LogP contribution in [0.3, 0.4) is 0 Å². The summed E-state index contributed by atoms with van der Waals surface area (Å²) in [5.74, 6) is 1.53. The molecule has 6 nitrogen and oxygen atoms in total. The summed E-state index contributed by atoms with van der Waals surface area (Å²) in [6, 6.07) is 3.84. The summed E-state index contributed by atoms with van der Waals surface area (Å²) < 4.78 is 7.41. The Balaban J connectivity index is 2.11. The highest BCUT2D eigenvalue weighted by Gasteiger charge is 2.07. The molecule has 6 heteroatoms. The van der Waals surface area contributed by atoms with Gasteiger partial charge in [-0.3, -0.25) is 9.67 Å². The normalized spacial score (nSPS) is 10.6. The first kappa shape index (κ1) is 12.5. The Kier molecular flexibility index (Phi) is 3.88. The molecule has 0 saturated heterocycles. The quantitative estimate of drug-likeness (QED) is 0.837. The zero-order valence-electron chi connectivity index (χ0n) is 10.6. The van der Waals surface area contributed by atoms with Crippen LogP contribution < -0.4 is 10.5 Å². The minimum atomic E-state index is 0.374. The second kappa shape index (κ2) is 5.59. The molecule has 96 valence electrons. The zero-order valence-corrected chi connectivity index (χ0v) is 10.6. The van der Waals surface area contributed by atoms with Crippen molar-refractivity contribution in [2.45, 2.75) is 20.0 Å². The second-order valence-corrected chi connectivity index (χ2v) is 4.02. The first-order chi connectivity index (χ1) is 8.70. The van der Waals surface area contributed by atoms with Gasteiger partial charge in [-0.05, 0) is 25.6 Å². The number of hydrogen-bond acceptors (Lipinski definition) is 5. The minimum Gasteiger partial charge on any atom is -0.484 e. The van der Waals surface area contributed by atoms with Crippen LogP contribution in [-0.2, 0) is 20.1 Å². The van der Waals surface area contributed by atoms with Crippen molar-refractivity contribution in [3.63, 3.8) is 0 Å². The summed E-state index contributed by atoms with van der Waals surface area (Å²) in [5, 5.41) is 3.99. The highest BCUT2D eigenvalue weighted by molar-refractivity contribution is 5.29. The maximum atomic E-state index is 5.73. The molecule has 2 N–H and O–H groups in total. The van der Waals surface area contributed by atoms with Gasteiger partial charge in [-0.25, -0.2) is 4.98 Å². The van der Waals surface area contributed by atoms with Crippen molar-refractivity contribution in [3.8, 4) is 5.75 Å². The number of hydrogen-bond donors (Lipinski definition) is 1. The van der Waals surface area contributed by atoms with Crippen LogP contribution in [0.5, 0.6) is 5.75 Å². The van der Waals surface area contributed by atoms with Crippen LogP contribution >= 0.6 is 0 Å². The average Bonchev–Trinajstić information content (AvgIpc) is 2.74. The van der Waals surface area contributed by atoms with E-state index in [0.29, 0.717) is 19.6 Å². The van der Waals surface area contributed by atoms with Crippen molar-refractivity contribution in [2.75, 3.05) is 6.54 Å². The maximum absolute atomic E-state index is 5.73. The van der Waals surface area contributed by atoms with Gasteiger partial charge in [-0.1, -0.05) is 0 Å². The largest absolute Gasteiger partial charge is 0.484 e. The molecule has 0 saturated carbocycles. The van der Waals surface area contributed by atoms with Gasteiger partial charge in [0.05, 0.1) is 5.69 Å². The van der Waals surface area contributed by atoms with Gasteiger partial charge < -0.3 is 10.5 Å². The lowest BCUT2D eigenvalue weighted by Gasteiger charge is -2.10. The third kappa shape index (κ3) is 2.84. The summed E-state index contributed by atoms with van der Waals surface area (Å²) in [6.45, 7) is 2.88. The standard InChI is InChI=1S/C12H17N5O/c1-9-3-4-11(10(16-9)5-6-13)18-7-12-14-8-15-17(12)2/h3-4,8H,5-7,13H2,1-2H3. The Morgan fingerprint density at radius 3 is 2.89 bits per heavy atom. The van der Waals surface area contributed by atoms with Crippen LogP contribution in [0, 0.1) is 6.92 Å². The molecule has 0 aliphatic rings. The first-order valence-electron chi connectivity index (χ1n) is 5.83. The van der Waals surface area contributed by atoms with Crippen LogP contribution in [0.15, 0.2) is 18.5 Å². The molecule has 2 aromatic heterocycles. The van der Waals surface area contributed by atoms with Crippen LogP contribution in [0.1, 0.15) is 17.2 Å². The topological polar surface area (TPSA) is 78.9 Å². The van der Waals surface area contributed by atoms with Crippen molar-refractivity contribution < 1.29 is 4.74 Å². The highest BCUT2D eigenvalue weighted by atomic mass is 16.5. The lowest BCUT2D eigenvalue weighted by atomic mass is 10.2. The van der Waals surface area contributed by atoms with Crippen molar-refractivity contribution in [1.29, 1.82) is 0 Å². The number of nitrogens with zero attached hydrogens (tertiary/aromatic N) is 4. The number of nitrogens with two attached hydrogens (primary N) is 1. The van der Waals surface area contributed by atoms with Gasteiger partial charge in [0.25, 0.3) is 0 Å². The molecule has 0 fully saturated rings. The second-order valence-electron chi connectivity index (χ2n) is 4.02. The predicted octanol–water partition coefficient (Wildman–Crippen LogP) is 0.599. The van der Waals surface area contributed by atoms with E-state index in [0.717, 1.165) is 23.0 Å². The fraction of sp³-hybridized carbons (Fsp3) is 0.417. The Hall–Kier alpha value is -1.95. The van der Waals surface area contributed by atoms with E-state index in [4.69, 9.17) is 10.5 Å². The summed E-state index contributed by atoms with van der Waals surface area (Å²) >= 11 is 0. The molecule has 2 rings (SSSR count). The van der Waals surface area contributed by atoms with Gasteiger partial charge in [0.1, 0.15) is 18.7 Å². The average molecular weight is 247 g/mol. The summed E-state index contributed by atoms with van der Waals surface area (Å²) in [5.41, 5.74) is 7.42. The van der Waals surface area contributed by atoms with Crippen molar-refractivity contribution >= 4 is 0 Å². The third-order valence-electron chi connectivity index (χ3n) is 2.61. The minimum absolute atomic E-state index is 0.374. The van der Waals surface area contributed by atoms with E-state index in [2.05, 4.69) is 15.1 Å². The molecule has 0 aliphatic heterocycles. The molecule has 0 amide bonds. The Labute approximate surface area is 106 Å². The summed E-state index contributed by atoms with van der Waals surface area (Å²) in [4.78, 5) is 8.54. The molecule has 0 spiro atoms. The molecule has 0 bridgehead atoms. The molecule has 18 heavy (non-hydrogen) atoms. The third-order valence-corrected chi connectivity index (χ3v) is 2.61. The van der Waals surface area contributed by atoms with E-state index in [-0.39, 0.29) is 0 Å². The van der Waals surface area contributed by atoms with E-state index < -0.39 is 0 Å². The monoisotopic (exact) mass is 247 g/mol. The Bertz CT molecular complexity index is 523. The molecule has 0 atom stereocenters. The van der Waals surface area contributed by atoms with E-state index in [1.807, 2.05) is 26.1 Å². The lowest BCUT2D eigenvalue weighted by Crippen LogP contribution is -2.09. The first-order valence-corrected chi connectivity index (χ1v) is 5.83. The summed E-state index contributed by atoms with van der Waals surface area (Å²) in [7, 11) is 1.83. The number of ether oxygens (including phenoxy) is 1. The molecule has 0 radical (unpaired) electrons. The molecular formula is C12H17N5O. The van der Waals surface area contributed by atoms with E-state index >= 15 is 0 Å². The SMILES string of the molecule is Cc1ccc(OCc2ncnn2C)c(CCN)n1. The zero-order chi connectivity index (χ0) is 13.0. The van der Waals surface area contributed by atoms with E-state index in [1.54, 1.807) is 4.68 Å². The fourth-order valence-electron chi connectivity index (χ4n) is 1.64. The van der Waals surface area contributed by atoms with Crippen LogP contribution in [0.2, 0.25) is 0 Å². The number of aryl methyl sites for hydroxylation is 2. The van der Waals surface area contributed by atoms with Crippen molar-refractivity contribution in [2.24, 2.45) is 12.8 Å². The van der Waals surface area contributed by atoms with Gasteiger partial charge in [-0.2, -0.15) is 5.10 Å². The van der Waals surface area contributed by atoms with Gasteiger partial charge >= 0.3 is 0 Å². The van der Waals surface area contributed by atoms with E-state index in [1.165, 1.54) is 6.33 Å². The summed E-state index contributed by atoms with van der Waals surface area (Å²) in [6.07, 6.45) is 2.21. The number of pyridine rings is 1. The van der Waals surface area contributed by atoms with Gasteiger partial charge in [0, 0.05) is 19.2 Å². The molecule has 0 aromatic carbocycles. The molecular weight excluding hydrogens is 230 g/mol. The van der Waals surface area contributed by atoms with Gasteiger partial charge in [0.2, 0.25) is 0 Å². The Morgan fingerprint density at radius 2 is 2.22 bits per heavy atom.